The highest BCUT2D eigenvalue weighted by molar-refractivity contribution is 5.92. The maximum Gasteiger partial charge on any atom is 0.273 e. The normalized spacial score (nSPS) is 13.6. The lowest BCUT2D eigenvalue weighted by molar-refractivity contribution is 0.0946. The molecule has 150 valence electrons. The minimum absolute atomic E-state index is 0.235. The zero-order valence-corrected chi connectivity index (χ0v) is 15.8. The van der Waals surface area contributed by atoms with Crippen LogP contribution < -0.4 is 5.32 Å². The molecule has 1 aliphatic carbocycles. The average Bonchev–Trinajstić information content (AvgIpc) is 3.40. The van der Waals surface area contributed by atoms with Crippen LogP contribution in [0.1, 0.15) is 40.3 Å². The van der Waals surface area contributed by atoms with Gasteiger partial charge in [0.2, 0.25) is 5.89 Å². The van der Waals surface area contributed by atoms with E-state index < -0.39 is 0 Å². The lowest BCUT2D eigenvalue weighted by Crippen LogP contribution is -2.26. The molecule has 4 rings (SSSR count). The molecule has 1 saturated carbocycles. The van der Waals surface area contributed by atoms with Gasteiger partial charge in [-0.05, 0) is 36.6 Å². The summed E-state index contributed by atoms with van der Waals surface area (Å²) in [6.07, 6.45) is 3.32. The number of amides is 1. The molecule has 3 aromatic rings. The first-order valence-electron chi connectivity index (χ1n) is 9.52. The molecule has 0 radical (unpaired) electrons. The number of halogens is 2. The van der Waals surface area contributed by atoms with Crippen LogP contribution in [0.4, 0.5) is 8.78 Å². The van der Waals surface area contributed by atoms with Gasteiger partial charge in [0.05, 0.1) is 6.54 Å². The zero-order chi connectivity index (χ0) is 20.2. The first-order valence-corrected chi connectivity index (χ1v) is 9.52. The fraction of sp³-hybridized carbons (Fsp3) is 0.273. The molecule has 2 aromatic carbocycles. The van der Waals surface area contributed by atoms with Gasteiger partial charge in [-0.2, -0.15) is 0 Å². The molecule has 29 heavy (non-hydrogen) atoms. The van der Waals surface area contributed by atoms with Crippen LogP contribution in [0.3, 0.4) is 0 Å². The predicted octanol–water partition coefficient (Wildman–Crippen LogP) is 4.05. The topological polar surface area (TPSA) is 58.4 Å². The van der Waals surface area contributed by atoms with Crippen molar-refractivity contribution in [2.24, 2.45) is 0 Å². The molecule has 0 spiro atoms. The number of hydrogen-bond acceptors (Lipinski definition) is 4. The second-order valence-corrected chi connectivity index (χ2v) is 7.24. The highest BCUT2D eigenvalue weighted by atomic mass is 19.1. The van der Waals surface area contributed by atoms with Crippen LogP contribution in [-0.4, -0.2) is 21.8 Å². The van der Waals surface area contributed by atoms with Crippen LogP contribution in [0, 0.1) is 11.6 Å². The third kappa shape index (κ3) is 5.26. The molecule has 0 bridgehead atoms. The van der Waals surface area contributed by atoms with Crippen molar-refractivity contribution >= 4 is 5.91 Å². The number of rotatable bonds is 8. The molecular formula is C22H21F2N3O2. The fourth-order valence-electron chi connectivity index (χ4n) is 3.05. The monoisotopic (exact) mass is 397 g/mol. The second-order valence-electron chi connectivity index (χ2n) is 7.24. The van der Waals surface area contributed by atoms with E-state index >= 15 is 0 Å². The first kappa shape index (κ1) is 19.3. The van der Waals surface area contributed by atoms with Crippen LogP contribution in [-0.2, 0) is 19.6 Å². The lowest BCUT2D eigenvalue weighted by atomic mass is 10.1. The summed E-state index contributed by atoms with van der Waals surface area (Å²) in [5.74, 6) is -0.493. The Hall–Kier alpha value is -3.06. The van der Waals surface area contributed by atoms with Gasteiger partial charge in [-0.25, -0.2) is 13.8 Å². The molecule has 1 heterocycles. The molecule has 1 fully saturated rings. The smallest absolute Gasteiger partial charge is 0.273 e. The molecule has 1 amide bonds. The molecule has 1 N–H and O–H groups in total. The van der Waals surface area contributed by atoms with Gasteiger partial charge in [0.1, 0.15) is 17.9 Å². The molecule has 0 saturated heterocycles. The highest BCUT2D eigenvalue weighted by Gasteiger charge is 2.25. The van der Waals surface area contributed by atoms with Crippen molar-refractivity contribution in [3.8, 4) is 0 Å². The van der Waals surface area contributed by atoms with Crippen LogP contribution in [0.2, 0.25) is 0 Å². The van der Waals surface area contributed by atoms with Gasteiger partial charge < -0.3 is 9.73 Å². The summed E-state index contributed by atoms with van der Waals surface area (Å²) in [5, 5.41) is 2.87. The van der Waals surface area contributed by atoms with E-state index in [2.05, 4.69) is 10.3 Å². The first-order chi connectivity index (χ1) is 14.1. The van der Waals surface area contributed by atoms with Crippen molar-refractivity contribution in [2.45, 2.75) is 38.5 Å². The standard InChI is InChI=1S/C22H21F2N3O2/c23-17-7-5-15(6-8-17)11-27(12-16-3-1-2-4-19(16)24)13-21-26-20(14-29-21)22(28)25-18-9-10-18/h1-8,14,18H,9-13H2,(H,25,28). The third-order valence-electron chi connectivity index (χ3n) is 4.73. The van der Waals surface area contributed by atoms with E-state index in [9.17, 15) is 13.6 Å². The maximum absolute atomic E-state index is 14.1. The van der Waals surface area contributed by atoms with Crippen molar-refractivity contribution < 1.29 is 18.0 Å². The summed E-state index contributed by atoms with van der Waals surface area (Å²) >= 11 is 0. The number of carbonyl (C=O) groups is 1. The summed E-state index contributed by atoms with van der Waals surface area (Å²) in [6, 6.07) is 12.9. The van der Waals surface area contributed by atoms with E-state index in [1.807, 2.05) is 4.90 Å². The molecule has 1 aromatic heterocycles. The summed E-state index contributed by atoms with van der Waals surface area (Å²) < 4.78 is 32.8. The van der Waals surface area contributed by atoms with Crippen molar-refractivity contribution in [3.05, 3.63) is 89.1 Å². The SMILES string of the molecule is O=C(NC1CC1)c1coc(CN(Cc2ccc(F)cc2)Cc2ccccc2F)n1. The number of nitrogens with one attached hydrogen (secondary N) is 1. The van der Waals surface area contributed by atoms with Gasteiger partial charge in [0.15, 0.2) is 5.69 Å². The molecule has 1 aliphatic rings. The predicted molar refractivity (Wildman–Crippen MR) is 103 cm³/mol. The summed E-state index contributed by atoms with van der Waals surface area (Å²) in [4.78, 5) is 18.3. The molecule has 0 atom stereocenters. The Morgan fingerprint density at radius 1 is 1.07 bits per heavy atom. The summed E-state index contributed by atoms with van der Waals surface area (Å²) in [7, 11) is 0. The van der Waals surface area contributed by atoms with Crippen molar-refractivity contribution in [1.29, 1.82) is 0 Å². The van der Waals surface area contributed by atoms with Gasteiger partial charge >= 0.3 is 0 Å². The van der Waals surface area contributed by atoms with Crippen LogP contribution in [0.25, 0.3) is 0 Å². The van der Waals surface area contributed by atoms with Gasteiger partial charge in [-0.15, -0.1) is 0 Å². The minimum atomic E-state index is -0.312. The van der Waals surface area contributed by atoms with Gasteiger partial charge in [0.25, 0.3) is 5.91 Å². The molecule has 0 unspecified atom stereocenters. The lowest BCUT2D eigenvalue weighted by Gasteiger charge is -2.21. The Kier molecular flexibility index (Phi) is 5.67. The molecular weight excluding hydrogens is 376 g/mol. The summed E-state index contributed by atoms with van der Waals surface area (Å²) in [6.45, 7) is 1.04. The fourth-order valence-corrected chi connectivity index (χ4v) is 3.05. The van der Waals surface area contributed by atoms with E-state index in [-0.39, 0.29) is 35.8 Å². The van der Waals surface area contributed by atoms with Gasteiger partial charge in [0, 0.05) is 24.7 Å². The van der Waals surface area contributed by atoms with Crippen molar-refractivity contribution in [2.75, 3.05) is 0 Å². The van der Waals surface area contributed by atoms with Crippen LogP contribution >= 0.6 is 0 Å². The van der Waals surface area contributed by atoms with E-state index in [1.165, 1.54) is 24.5 Å². The van der Waals surface area contributed by atoms with E-state index in [4.69, 9.17) is 4.42 Å². The Balaban J connectivity index is 1.49. The number of nitrogens with zero attached hydrogens (tertiary/aromatic N) is 2. The van der Waals surface area contributed by atoms with E-state index in [0.717, 1.165) is 18.4 Å². The Labute approximate surface area is 167 Å². The number of hydrogen-bond donors (Lipinski definition) is 1. The Morgan fingerprint density at radius 2 is 1.83 bits per heavy atom. The maximum atomic E-state index is 14.1. The quantitative estimate of drug-likeness (QED) is 0.623. The van der Waals surface area contributed by atoms with Gasteiger partial charge in [-0.3, -0.25) is 9.69 Å². The van der Waals surface area contributed by atoms with E-state index in [1.54, 1.807) is 30.3 Å². The van der Waals surface area contributed by atoms with Crippen molar-refractivity contribution in [1.82, 2.24) is 15.2 Å². The number of oxazole rings is 1. The minimum Gasteiger partial charge on any atom is -0.447 e. The summed E-state index contributed by atoms with van der Waals surface area (Å²) in [5.41, 5.74) is 1.65. The largest absolute Gasteiger partial charge is 0.447 e. The third-order valence-corrected chi connectivity index (χ3v) is 4.73. The average molecular weight is 397 g/mol. The zero-order valence-electron chi connectivity index (χ0n) is 15.8. The molecule has 5 nitrogen and oxygen atoms in total. The highest BCUT2D eigenvalue weighted by Crippen LogP contribution is 2.20. The van der Waals surface area contributed by atoms with Crippen molar-refractivity contribution in [3.63, 3.8) is 0 Å². The molecule has 0 aliphatic heterocycles. The van der Waals surface area contributed by atoms with Crippen LogP contribution in [0.5, 0.6) is 0 Å². The second kappa shape index (κ2) is 8.53. The van der Waals surface area contributed by atoms with Gasteiger partial charge in [-0.1, -0.05) is 30.3 Å². The Bertz CT molecular complexity index is 984. The Morgan fingerprint density at radius 3 is 2.55 bits per heavy atom. The number of aromatic nitrogens is 1. The number of carbonyl (C=O) groups excluding carboxylic acids is 1. The molecule has 7 heteroatoms. The number of benzene rings is 2. The van der Waals surface area contributed by atoms with E-state index in [0.29, 0.717) is 24.5 Å². The van der Waals surface area contributed by atoms with Crippen LogP contribution in [0.15, 0.2) is 59.2 Å².